The van der Waals surface area contributed by atoms with Gasteiger partial charge in [-0.1, -0.05) is 30.3 Å². The summed E-state index contributed by atoms with van der Waals surface area (Å²) in [6.07, 6.45) is 1.18. The number of piperazine rings is 2. The molecule has 0 spiro atoms. The molecule has 31 heavy (non-hydrogen) atoms. The first-order valence-corrected chi connectivity index (χ1v) is 11.4. The number of anilines is 1. The fourth-order valence-electron chi connectivity index (χ4n) is 4.56. The van der Waals surface area contributed by atoms with Crippen molar-refractivity contribution in [3.05, 3.63) is 60.2 Å². The molecule has 4 rings (SSSR count). The molecule has 0 N–H and O–H groups in total. The first kappa shape index (κ1) is 21.7. The quantitative estimate of drug-likeness (QED) is 0.686. The smallest absolute Gasteiger partial charge is 0.253 e. The van der Waals surface area contributed by atoms with Gasteiger partial charge in [-0.25, -0.2) is 0 Å². The van der Waals surface area contributed by atoms with Gasteiger partial charge in [0, 0.05) is 57.9 Å². The molecule has 0 saturated carbocycles. The third-order valence-electron chi connectivity index (χ3n) is 6.43. The van der Waals surface area contributed by atoms with Crippen molar-refractivity contribution in [1.29, 1.82) is 0 Å². The van der Waals surface area contributed by atoms with E-state index in [1.54, 1.807) is 7.11 Å². The van der Waals surface area contributed by atoms with E-state index in [-0.39, 0.29) is 5.91 Å². The first-order chi connectivity index (χ1) is 15.2. The fourth-order valence-corrected chi connectivity index (χ4v) is 4.56. The highest BCUT2D eigenvalue weighted by molar-refractivity contribution is 5.94. The van der Waals surface area contributed by atoms with Gasteiger partial charge in [-0.2, -0.15) is 0 Å². The molecule has 166 valence electrons. The van der Waals surface area contributed by atoms with Gasteiger partial charge in [-0.15, -0.1) is 0 Å². The third-order valence-corrected chi connectivity index (χ3v) is 6.43. The predicted molar refractivity (Wildman–Crippen MR) is 125 cm³/mol. The molecule has 2 aromatic carbocycles. The lowest BCUT2D eigenvalue weighted by atomic mass is 10.2. The Labute approximate surface area is 186 Å². The van der Waals surface area contributed by atoms with Gasteiger partial charge in [0.25, 0.3) is 5.91 Å². The molecule has 2 aliphatic rings. The number of ether oxygens (including phenoxy) is 1. The summed E-state index contributed by atoms with van der Waals surface area (Å²) >= 11 is 0. The summed E-state index contributed by atoms with van der Waals surface area (Å²) in [5.41, 5.74) is 2.00. The minimum atomic E-state index is 0.160. The zero-order chi connectivity index (χ0) is 21.5. The first-order valence-electron chi connectivity index (χ1n) is 11.4. The molecule has 0 atom stereocenters. The van der Waals surface area contributed by atoms with E-state index in [9.17, 15) is 4.79 Å². The van der Waals surface area contributed by atoms with Crippen molar-refractivity contribution in [1.82, 2.24) is 14.7 Å². The van der Waals surface area contributed by atoms with E-state index in [1.165, 1.54) is 12.1 Å². The molecule has 2 aromatic rings. The summed E-state index contributed by atoms with van der Waals surface area (Å²) in [6.45, 7) is 10.1. The molecule has 6 heteroatoms. The van der Waals surface area contributed by atoms with Crippen LogP contribution in [0.5, 0.6) is 5.75 Å². The fraction of sp³-hybridized carbons (Fsp3) is 0.480. The largest absolute Gasteiger partial charge is 0.495 e. The molecule has 2 heterocycles. The molecule has 6 nitrogen and oxygen atoms in total. The van der Waals surface area contributed by atoms with Gasteiger partial charge in [-0.05, 0) is 43.8 Å². The second-order valence-electron chi connectivity index (χ2n) is 8.35. The van der Waals surface area contributed by atoms with Crippen molar-refractivity contribution in [3.63, 3.8) is 0 Å². The number of carbonyl (C=O) groups excluding carboxylic acids is 1. The van der Waals surface area contributed by atoms with Crippen LogP contribution in [0.4, 0.5) is 5.69 Å². The Balaban J connectivity index is 1.14. The van der Waals surface area contributed by atoms with Gasteiger partial charge in [0.2, 0.25) is 0 Å². The maximum Gasteiger partial charge on any atom is 0.253 e. The molecular weight excluding hydrogens is 388 g/mol. The van der Waals surface area contributed by atoms with Crippen molar-refractivity contribution in [2.45, 2.75) is 6.42 Å². The highest BCUT2D eigenvalue weighted by atomic mass is 16.5. The number of nitrogens with zero attached hydrogens (tertiary/aromatic N) is 4. The van der Waals surface area contributed by atoms with Crippen LogP contribution >= 0.6 is 0 Å². The predicted octanol–water partition coefficient (Wildman–Crippen LogP) is 2.67. The van der Waals surface area contributed by atoms with E-state index in [0.29, 0.717) is 0 Å². The SMILES string of the molecule is COc1ccccc1N1CCN(CCCN2CCN(C(=O)c3ccccc3)CC2)CC1. The van der Waals surface area contributed by atoms with E-state index >= 15 is 0 Å². The number of benzene rings is 2. The second kappa shape index (κ2) is 10.6. The number of carbonyl (C=O) groups is 1. The number of methoxy groups -OCH3 is 1. The van der Waals surface area contributed by atoms with Crippen LogP contribution in [0.25, 0.3) is 0 Å². The van der Waals surface area contributed by atoms with Gasteiger partial charge < -0.3 is 14.5 Å². The van der Waals surface area contributed by atoms with Gasteiger partial charge in [0.15, 0.2) is 0 Å². The highest BCUT2D eigenvalue weighted by Gasteiger charge is 2.23. The van der Waals surface area contributed by atoms with Crippen molar-refractivity contribution in [3.8, 4) is 5.75 Å². The number of rotatable bonds is 7. The van der Waals surface area contributed by atoms with Crippen LogP contribution in [0, 0.1) is 0 Å². The Morgan fingerprint density at radius 3 is 2.00 bits per heavy atom. The van der Waals surface area contributed by atoms with E-state index in [4.69, 9.17) is 4.74 Å². The summed E-state index contributed by atoms with van der Waals surface area (Å²) in [5.74, 6) is 1.12. The highest BCUT2D eigenvalue weighted by Crippen LogP contribution is 2.28. The van der Waals surface area contributed by atoms with Gasteiger partial charge in [0.05, 0.1) is 12.8 Å². The molecular formula is C25H34N4O2. The average molecular weight is 423 g/mol. The molecule has 0 unspecified atom stereocenters. The van der Waals surface area contributed by atoms with Crippen LogP contribution in [0.1, 0.15) is 16.8 Å². The number of hydrogen-bond donors (Lipinski definition) is 0. The molecule has 1 amide bonds. The Morgan fingerprint density at radius 2 is 1.35 bits per heavy atom. The minimum absolute atomic E-state index is 0.160. The molecule has 0 aromatic heterocycles. The third kappa shape index (κ3) is 5.57. The van der Waals surface area contributed by atoms with Crippen LogP contribution in [0.15, 0.2) is 54.6 Å². The molecule has 0 radical (unpaired) electrons. The summed E-state index contributed by atoms with van der Waals surface area (Å²) in [7, 11) is 1.74. The zero-order valence-corrected chi connectivity index (χ0v) is 18.6. The van der Waals surface area contributed by atoms with Crippen molar-refractivity contribution in [2.75, 3.05) is 77.5 Å². The lowest BCUT2D eigenvalue weighted by molar-refractivity contribution is 0.0631. The summed E-state index contributed by atoms with van der Waals surface area (Å²) in [6, 6.07) is 17.9. The summed E-state index contributed by atoms with van der Waals surface area (Å²) in [4.78, 5) is 22.1. The molecule has 0 bridgehead atoms. The standard InChI is InChI=1S/C25H34N4O2/c1-31-24-11-6-5-10-23(24)28-18-14-26(15-19-28)12-7-13-27-16-20-29(21-17-27)25(30)22-8-3-2-4-9-22/h2-6,8-11H,7,12-21H2,1H3. The van der Waals surface area contributed by atoms with Crippen molar-refractivity contribution < 1.29 is 9.53 Å². The maximum atomic E-state index is 12.6. The van der Waals surface area contributed by atoms with Gasteiger partial charge in [-0.3, -0.25) is 14.6 Å². The lowest BCUT2D eigenvalue weighted by Crippen LogP contribution is -2.50. The lowest BCUT2D eigenvalue weighted by Gasteiger charge is -2.37. The maximum absolute atomic E-state index is 12.6. The van der Waals surface area contributed by atoms with Crippen molar-refractivity contribution >= 4 is 11.6 Å². The molecule has 2 saturated heterocycles. The zero-order valence-electron chi connectivity index (χ0n) is 18.6. The number of para-hydroxylation sites is 2. The van der Waals surface area contributed by atoms with Crippen LogP contribution in [0.2, 0.25) is 0 Å². The van der Waals surface area contributed by atoms with Crippen LogP contribution in [0.3, 0.4) is 0 Å². The second-order valence-corrected chi connectivity index (χ2v) is 8.35. The monoisotopic (exact) mass is 422 g/mol. The number of amides is 1. The van der Waals surface area contributed by atoms with Crippen molar-refractivity contribution in [2.24, 2.45) is 0 Å². The van der Waals surface area contributed by atoms with Crippen LogP contribution < -0.4 is 9.64 Å². The van der Waals surface area contributed by atoms with E-state index in [1.807, 2.05) is 47.4 Å². The molecule has 0 aliphatic carbocycles. The Morgan fingerprint density at radius 1 is 0.774 bits per heavy atom. The van der Waals surface area contributed by atoms with E-state index < -0.39 is 0 Å². The Bertz CT molecular complexity index is 828. The van der Waals surface area contributed by atoms with E-state index in [2.05, 4.69) is 26.8 Å². The topological polar surface area (TPSA) is 39.3 Å². The van der Waals surface area contributed by atoms with Crippen LogP contribution in [-0.2, 0) is 0 Å². The Kier molecular flexibility index (Phi) is 7.43. The molecule has 2 fully saturated rings. The van der Waals surface area contributed by atoms with Crippen LogP contribution in [-0.4, -0.2) is 93.2 Å². The molecule has 2 aliphatic heterocycles. The van der Waals surface area contributed by atoms with E-state index in [0.717, 1.165) is 76.8 Å². The van der Waals surface area contributed by atoms with Gasteiger partial charge >= 0.3 is 0 Å². The number of hydrogen-bond acceptors (Lipinski definition) is 5. The Hall–Kier alpha value is -2.57. The average Bonchev–Trinajstić information content (AvgIpc) is 2.85. The normalized spacial score (nSPS) is 18.2. The summed E-state index contributed by atoms with van der Waals surface area (Å²) < 4.78 is 5.52. The van der Waals surface area contributed by atoms with Gasteiger partial charge in [0.1, 0.15) is 5.75 Å². The summed E-state index contributed by atoms with van der Waals surface area (Å²) in [5, 5.41) is 0. The minimum Gasteiger partial charge on any atom is -0.495 e.